The molecule has 0 radical (unpaired) electrons. The number of carbonyl (C=O) groups is 1. The summed E-state index contributed by atoms with van der Waals surface area (Å²) in [5.74, 6) is 0.290. The van der Waals surface area contributed by atoms with Gasteiger partial charge in [-0.05, 0) is 48.5 Å². The summed E-state index contributed by atoms with van der Waals surface area (Å²) in [4.78, 5) is 19.3. The number of aryl methyl sites for hydroxylation is 1. The number of anilines is 4. The van der Waals surface area contributed by atoms with Crippen LogP contribution >= 0.6 is 0 Å². The normalized spacial score (nSPS) is 11.5. The molecule has 11 nitrogen and oxygen atoms in total. The van der Waals surface area contributed by atoms with Crippen LogP contribution < -0.4 is 24.8 Å². The number of nitrogens with one attached hydrogen (secondary N) is 1. The molecule has 2 aromatic heterocycles. The van der Waals surface area contributed by atoms with Crippen molar-refractivity contribution in [3.05, 3.63) is 66.7 Å². The van der Waals surface area contributed by atoms with Crippen molar-refractivity contribution in [3.8, 4) is 17.5 Å². The van der Waals surface area contributed by atoms with E-state index in [1.54, 1.807) is 49.4 Å². The number of fused-ring (bicyclic) bond motifs is 3. The third kappa shape index (κ3) is 4.98. The molecule has 1 amide bonds. The van der Waals surface area contributed by atoms with E-state index in [1.807, 2.05) is 23.7 Å². The second-order valence-corrected chi connectivity index (χ2v) is 10.8. The monoisotopic (exact) mass is 575 g/mol. The standard InChI is InChI=1S/C29H29N5O6S/c1-5-27(36)34(23-7-6-8-25(35)28(23)31-21-12-14-26(39-3)32-29(21)40-4)17-9-11-19-20-16-18(41(30,37)38)10-13-22(20)33(2)24(19)15-17/h6-16,31,35H,5H2,1-4H3,(H2,30,37,38). The first-order valence-corrected chi connectivity index (χ1v) is 14.2. The fraction of sp³-hybridized carbons (Fsp3) is 0.172. The first-order valence-electron chi connectivity index (χ1n) is 12.6. The molecule has 0 aliphatic rings. The molecule has 212 valence electrons. The van der Waals surface area contributed by atoms with E-state index in [0.717, 1.165) is 16.4 Å². The lowest BCUT2D eigenvalue weighted by atomic mass is 10.1. The van der Waals surface area contributed by atoms with Gasteiger partial charge in [0.1, 0.15) is 17.1 Å². The van der Waals surface area contributed by atoms with Crippen molar-refractivity contribution in [2.45, 2.75) is 18.2 Å². The van der Waals surface area contributed by atoms with Crippen molar-refractivity contribution in [2.75, 3.05) is 24.4 Å². The number of pyridine rings is 1. The van der Waals surface area contributed by atoms with Crippen LogP contribution in [0, 0.1) is 0 Å². The highest BCUT2D eigenvalue weighted by atomic mass is 32.2. The number of carbonyl (C=O) groups excluding carboxylic acids is 1. The van der Waals surface area contributed by atoms with Crippen molar-refractivity contribution in [3.63, 3.8) is 0 Å². The minimum Gasteiger partial charge on any atom is -0.506 e. The van der Waals surface area contributed by atoms with Gasteiger partial charge in [-0.1, -0.05) is 19.1 Å². The minimum atomic E-state index is -3.88. The van der Waals surface area contributed by atoms with Crippen LogP contribution in [0.15, 0.2) is 71.6 Å². The van der Waals surface area contributed by atoms with E-state index in [1.165, 1.54) is 31.3 Å². The Morgan fingerprint density at radius 3 is 2.49 bits per heavy atom. The first kappa shape index (κ1) is 27.7. The summed E-state index contributed by atoms with van der Waals surface area (Å²) in [6.07, 6.45) is 0.188. The van der Waals surface area contributed by atoms with Gasteiger partial charge in [-0.15, -0.1) is 0 Å². The number of hydrogen-bond donors (Lipinski definition) is 3. The number of phenols is 1. The summed E-state index contributed by atoms with van der Waals surface area (Å²) in [6, 6.07) is 18.4. The van der Waals surface area contributed by atoms with Gasteiger partial charge in [0.15, 0.2) is 0 Å². The van der Waals surface area contributed by atoms with Crippen LogP contribution in [0.25, 0.3) is 21.8 Å². The van der Waals surface area contributed by atoms with Gasteiger partial charge >= 0.3 is 0 Å². The van der Waals surface area contributed by atoms with Crippen molar-refractivity contribution >= 4 is 60.5 Å². The van der Waals surface area contributed by atoms with Gasteiger partial charge in [-0.3, -0.25) is 9.69 Å². The highest BCUT2D eigenvalue weighted by Crippen LogP contribution is 2.43. The maximum atomic E-state index is 13.5. The molecule has 0 atom stereocenters. The molecule has 3 aromatic carbocycles. The Kier molecular flexibility index (Phi) is 7.20. The number of aromatic nitrogens is 2. The lowest BCUT2D eigenvalue weighted by Gasteiger charge is -2.26. The van der Waals surface area contributed by atoms with Crippen LogP contribution in [0.3, 0.4) is 0 Å². The van der Waals surface area contributed by atoms with Crippen LogP contribution in [0.1, 0.15) is 13.3 Å². The van der Waals surface area contributed by atoms with E-state index >= 15 is 0 Å². The lowest BCUT2D eigenvalue weighted by Crippen LogP contribution is -2.25. The Bertz CT molecular complexity index is 1920. The van der Waals surface area contributed by atoms with Gasteiger partial charge in [0.25, 0.3) is 0 Å². The first-order chi connectivity index (χ1) is 19.6. The van der Waals surface area contributed by atoms with E-state index in [9.17, 15) is 18.3 Å². The number of rotatable bonds is 8. The highest BCUT2D eigenvalue weighted by molar-refractivity contribution is 7.89. The van der Waals surface area contributed by atoms with Crippen LogP contribution in [0.4, 0.5) is 22.7 Å². The largest absolute Gasteiger partial charge is 0.506 e. The van der Waals surface area contributed by atoms with Crippen LogP contribution in [0.5, 0.6) is 17.5 Å². The third-order valence-electron chi connectivity index (χ3n) is 6.86. The maximum Gasteiger partial charge on any atom is 0.240 e. The molecule has 5 aromatic rings. The van der Waals surface area contributed by atoms with Gasteiger partial charge in [0.2, 0.25) is 27.7 Å². The molecule has 0 bridgehead atoms. The number of nitrogens with zero attached hydrogens (tertiary/aromatic N) is 3. The van der Waals surface area contributed by atoms with Crippen LogP contribution in [-0.4, -0.2) is 43.2 Å². The van der Waals surface area contributed by atoms with E-state index in [4.69, 9.17) is 14.6 Å². The molecule has 4 N–H and O–H groups in total. The van der Waals surface area contributed by atoms with E-state index < -0.39 is 10.0 Å². The second-order valence-electron chi connectivity index (χ2n) is 9.27. The lowest BCUT2D eigenvalue weighted by molar-refractivity contribution is -0.117. The Hall–Kier alpha value is -4.81. The summed E-state index contributed by atoms with van der Waals surface area (Å²) >= 11 is 0. The SMILES string of the molecule is CCC(=O)N(c1ccc2c3cc(S(N)(=O)=O)ccc3n(C)c2c1)c1cccc(O)c1Nc1ccc(OC)nc1OC. The Morgan fingerprint density at radius 2 is 1.80 bits per heavy atom. The molecule has 41 heavy (non-hydrogen) atoms. The average Bonchev–Trinajstić information content (AvgIpc) is 3.25. The van der Waals surface area contributed by atoms with E-state index in [-0.39, 0.29) is 34.5 Å². The summed E-state index contributed by atoms with van der Waals surface area (Å²) in [5.41, 5.74) is 3.26. The zero-order chi connectivity index (χ0) is 29.5. The van der Waals surface area contributed by atoms with Gasteiger partial charge in [-0.25, -0.2) is 13.6 Å². The van der Waals surface area contributed by atoms with Crippen molar-refractivity contribution in [1.82, 2.24) is 9.55 Å². The molecule has 2 heterocycles. The van der Waals surface area contributed by atoms with E-state index in [0.29, 0.717) is 28.3 Å². The number of nitrogens with two attached hydrogens (primary N) is 1. The van der Waals surface area contributed by atoms with Crippen molar-refractivity contribution in [1.29, 1.82) is 0 Å². The Morgan fingerprint density at radius 1 is 1.02 bits per heavy atom. The number of benzene rings is 3. The number of hydrogen-bond acceptors (Lipinski definition) is 8. The number of sulfonamides is 1. The molecule has 0 aliphatic carbocycles. The predicted molar refractivity (Wildman–Crippen MR) is 158 cm³/mol. The van der Waals surface area contributed by atoms with Gasteiger partial charge in [0.05, 0.1) is 36.0 Å². The number of primary sulfonamides is 1. The highest BCUT2D eigenvalue weighted by Gasteiger charge is 2.24. The molecule has 0 unspecified atom stereocenters. The summed E-state index contributed by atoms with van der Waals surface area (Å²) < 4.78 is 36.5. The predicted octanol–water partition coefficient (Wildman–Crippen LogP) is 4.92. The van der Waals surface area contributed by atoms with Crippen LogP contribution in [0.2, 0.25) is 0 Å². The second kappa shape index (κ2) is 10.6. The van der Waals surface area contributed by atoms with Gasteiger partial charge in [0, 0.05) is 35.8 Å². The fourth-order valence-corrected chi connectivity index (χ4v) is 5.38. The molecular weight excluding hydrogens is 546 g/mol. The van der Waals surface area contributed by atoms with Crippen molar-refractivity contribution < 1.29 is 27.8 Å². The summed E-state index contributed by atoms with van der Waals surface area (Å²) in [5, 5.41) is 21.0. The Balaban J connectivity index is 1.67. The number of aromatic hydroxyl groups is 1. The smallest absolute Gasteiger partial charge is 0.240 e. The molecular formula is C29H29N5O6S. The Labute approximate surface area is 236 Å². The zero-order valence-corrected chi connectivity index (χ0v) is 23.7. The number of para-hydroxylation sites is 1. The quantitative estimate of drug-likeness (QED) is 0.221. The van der Waals surface area contributed by atoms with Gasteiger partial charge in [-0.2, -0.15) is 4.98 Å². The maximum absolute atomic E-state index is 13.5. The molecule has 0 aliphatic heterocycles. The molecule has 0 spiro atoms. The van der Waals surface area contributed by atoms with Gasteiger partial charge < -0.3 is 24.5 Å². The topological polar surface area (TPSA) is 149 Å². The van der Waals surface area contributed by atoms with Crippen molar-refractivity contribution in [2.24, 2.45) is 12.2 Å². The number of ether oxygens (including phenoxy) is 2. The number of phenolic OH excluding ortho intramolecular Hbond substituents is 1. The number of amides is 1. The number of methoxy groups -OCH3 is 2. The average molecular weight is 576 g/mol. The molecule has 0 fully saturated rings. The fourth-order valence-electron chi connectivity index (χ4n) is 4.84. The molecule has 5 rings (SSSR count). The molecule has 0 saturated heterocycles. The third-order valence-corrected chi connectivity index (χ3v) is 7.77. The van der Waals surface area contributed by atoms with E-state index in [2.05, 4.69) is 10.3 Å². The van der Waals surface area contributed by atoms with Crippen LogP contribution in [-0.2, 0) is 21.9 Å². The molecule has 12 heteroatoms. The summed E-state index contributed by atoms with van der Waals surface area (Å²) in [7, 11) is 0.944. The minimum absolute atomic E-state index is 0.0169. The molecule has 0 saturated carbocycles. The summed E-state index contributed by atoms with van der Waals surface area (Å²) in [6.45, 7) is 1.76. The zero-order valence-electron chi connectivity index (χ0n) is 22.9.